The maximum Gasteiger partial charge on any atom is 0.248 e. The van der Waals surface area contributed by atoms with Crippen molar-refractivity contribution in [2.75, 3.05) is 25.7 Å². The van der Waals surface area contributed by atoms with Crippen LogP contribution in [0.4, 0.5) is 0 Å². The molecule has 0 unspecified atom stereocenters. The molecule has 29 heavy (non-hydrogen) atoms. The van der Waals surface area contributed by atoms with Crippen molar-refractivity contribution in [3.8, 4) is 0 Å². The van der Waals surface area contributed by atoms with Crippen LogP contribution in [0.1, 0.15) is 18.4 Å². The van der Waals surface area contributed by atoms with Crippen LogP contribution in [0.25, 0.3) is 10.2 Å². The number of amides is 1. The Kier molecular flexibility index (Phi) is 8.86. The predicted octanol–water partition coefficient (Wildman–Crippen LogP) is 5.21. The molecule has 0 bridgehead atoms. The zero-order chi connectivity index (χ0) is 20.5. The molecule has 3 aromatic rings. The molecule has 0 atom stereocenters. The molecule has 4 nitrogen and oxygen atoms in total. The second-order valence-electron chi connectivity index (χ2n) is 6.51. The van der Waals surface area contributed by atoms with E-state index in [1.165, 1.54) is 10.5 Å². The number of rotatable bonds is 10. The number of benzene rings is 2. The summed E-state index contributed by atoms with van der Waals surface area (Å²) in [5.74, 6) is 1.90. The van der Waals surface area contributed by atoms with Gasteiger partial charge in [-0.1, -0.05) is 41.7 Å². The third-order valence-corrected chi connectivity index (χ3v) is 7.30. The van der Waals surface area contributed by atoms with Gasteiger partial charge in [0, 0.05) is 30.7 Å². The van der Waals surface area contributed by atoms with Crippen molar-refractivity contribution in [1.82, 2.24) is 4.57 Å². The average Bonchev–Trinajstić information content (AvgIpc) is 3.08. The predicted molar refractivity (Wildman–Crippen MR) is 126 cm³/mol. The van der Waals surface area contributed by atoms with Crippen LogP contribution in [0.15, 0.2) is 58.4 Å². The van der Waals surface area contributed by atoms with Crippen molar-refractivity contribution in [2.45, 2.75) is 30.0 Å². The summed E-state index contributed by atoms with van der Waals surface area (Å²) in [7, 11) is 1.69. The Balaban J connectivity index is 1.63. The molecule has 0 aliphatic rings. The molecule has 1 heterocycles. The van der Waals surface area contributed by atoms with E-state index >= 15 is 0 Å². The number of carbonyl (C=O) groups is 1. The van der Waals surface area contributed by atoms with Crippen molar-refractivity contribution in [2.24, 2.45) is 4.99 Å². The maximum atomic E-state index is 12.5. The van der Waals surface area contributed by atoms with Crippen LogP contribution in [0.5, 0.6) is 0 Å². The summed E-state index contributed by atoms with van der Waals surface area (Å²) in [5, 5.41) is 0. The lowest BCUT2D eigenvalue weighted by atomic mass is 10.2. The van der Waals surface area contributed by atoms with E-state index in [0.29, 0.717) is 19.6 Å². The SMILES string of the molecule is COCCn1c(=NC(=O)CCCSCc2ccccc2)sc2cc(SC)ccc21. The number of hydrogen-bond donors (Lipinski definition) is 0. The molecule has 0 saturated heterocycles. The van der Waals surface area contributed by atoms with E-state index in [2.05, 4.69) is 58.3 Å². The van der Waals surface area contributed by atoms with Crippen LogP contribution in [-0.2, 0) is 21.8 Å². The van der Waals surface area contributed by atoms with Crippen LogP contribution in [-0.4, -0.2) is 36.2 Å². The third-order valence-electron chi connectivity index (χ3n) is 4.42. The lowest BCUT2D eigenvalue weighted by Crippen LogP contribution is -2.19. The van der Waals surface area contributed by atoms with Crippen LogP contribution >= 0.6 is 34.9 Å². The largest absolute Gasteiger partial charge is 0.383 e. The highest BCUT2D eigenvalue weighted by Gasteiger charge is 2.09. The van der Waals surface area contributed by atoms with Gasteiger partial charge in [0.1, 0.15) is 0 Å². The number of methoxy groups -OCH3 is 1. The molecule has 0 N–H and O–H groups in total. The number of aromatic nitrogens is 1. The summed E-state index contributed by atoms with van der Waals surface area (Å²) < 4.78 is 8.49. The second-order valence-corrected chi connectivity index (χ2v) is 9.50. The summed E-state index contributed by atoms with van der Waals surface area (Å²) in [6.07, 6.45) is 3.40. The molecule has 0 aliphatic carbocycles. The van der Waals surface area contributed by atoms with E-state index in [4.69, 9.17) is 4.74 Å². The molecule has 1 amide bonds. The molecular weight excluding hydrogens is 420 g/mol. The highest BCUT2D eigenvalue weighted by molar-refractivity contribution is 7.98. The van der Waals surface area contributed by atoms with Gasteiger partial charge in [-0.3, -0.25) is 4.79 Å². The van der Waals surface area contributed by atoms with Gasteiger partial charge in [0.2, 0.25) is 5.91 Å². The van der Waals surface area contributed by atoms with Gasteiger partial charge in [-0.25, -0.2) is 0 Å². The van der Waals surface area contributed by atoms with Gasteiger partial charge in [0.05, 0.1) is 16.8 Å². The number of thioether (sulfide) groups is 2. The second kappa shape index (κ2) is 11.6. The molecule has 3 rings (SSSR count). The number of fused-ring (bicyclic) bond motifs is 1. The molecule has 0 saturated carbocycles. The van der Waals surface area contributed by atoms with Gasteiger partial charge < -0.3 is 9.30 Å². The van der Waals surface area contributed by atoms with Gasteiger partial charge in [-0.05, 0) is 42.2 Å². The quantitative estimate of drug-likeness (QED) is 0.317. The summed E-state index contributed by atoms with van der Waals surface area (Å²) in [4.78, 5) is 18.9. The summed E-state index contributed by atoms with van der Waals surface area (Å²) in [6, 6.07) is 16.8. The molecular formula is C22H26N2O2S3. The maximum absolute atomic E-state index is 12.5. The Bertz CT molecular complexity index is 996. The Morgan fingerprint density at radius 2 is 2.03 bits per heavy atom. The number of hydrogen-bond acceptors (Lipinski definition) is 5. The first kappa shape index (κ1) is 22.2. The smallest absolute Gasteiger partial charge is 0.248 e. The van der Waals surface area contributed by atoms with Gasteiger partial charge in [0.25, 0.3) is 0 Å². The monoisotopic (exact) mass is 446 g/mol. The molecule has 7 heteroatoms. The Morgan fingerprint density at radius 1 is 1.21 bits per heavy atom. The van der Waals surface area contributed by atoms with E-state index in [1.54, 1.807) is 30.2 Å². The summed E-state index contributed by atoms with van der Waals surface area (Å²) in [5.41, 5.74) is 2.43. The molecule has 0 radical (unpaired) electrons. The van der Waals surface area contributed by atoms with E-state index in [1.807, 2.05) is 17.8 Å². The first-order chi connectivity index (χ1) is 14.2. The van der Waals surface area contributed by atoms with Crippen molar-refractivity contribution < 1.29 is 9.53 Å². The normalized spacial score (nSPS) is 12.0. The van der Waals surface area contributed by atoms with Crippen LogP contribution in [0.2, 0.25) is 0 Å². The van der Waals surface area contributed by atoms with Crippen molar-refractivity contribution in [3.05, 3.63) is 58.9 Å². The van der Waals surface area contributed by atoms with Crippen molar-refractivity contribution >= 4 is 51.0 Å². The first-order valence-corrected chi connectivity index (χ1v) is 12.8. The first-order valence-electron chi connectivity index (χ1n) is 9.57. The lowest BCUT2D eigenvalue weighted by molar-refractivity contribution is -0.118. The minimum absolute atomic E-state index is 0.0480. The van der Waals surface area contributed by atoms with E-state index in [9.17, 15) is 4.79 Å². The molecule has 154 valence electrons. The van der Waals surface area contributed by atoms with Gasteiger partial charge in [0.15, 0.2) is 4.80 Å². The lowest BCUT2D eigenvalue weighted by Gasteiger charge is -2.04. The van der Waals surface area contributed by atoms with Gasteiger partial charge in [-0.15, -0.1) is 11.8 Å². The molecule has 2 aromatic carbocycles. The summed E-state index contributed by atoms with van der Waals surface area (Å²) >= 11 is 5.15. The average molecular weight is 447 g/mol. The number of nitrogens with zero attached hydrogens (tertiary/aromatic N) is 2. The summed E-state index contributed by atoms with van der Waals surface area (Å²) in [6.45, 7) is 1.28. The van der Waals surface area contributed by atoms with E-state index in [-0.39, 0.29) is 5.91 Å². The zero-order valence-electron chi connectivity index (χ0n) is 16.8. The van der Waals surface area contributed by atoms with Gasteiger partial charge in [-0.2, -0.15) is 16.8 Å². The van der Waals surface area contributed by atoms with Crippen molar-refractivity contribution in [3.63, 3.8) is 0 Å². The number of thiazole rings is 1. The molecule has 0 fully saturated rings. The minimum Gasteiger partial charge on any atom is -0.383 e. The Morgan fingerprint density at radius 3 is 2.79 bits per heavy atom. The highest BCUT2D eigenvalue weighted by atomic mass is 32.2. The fourth-order valence-electron chi connectivity index (χ4n) is 2.92. The zero-order valence-corrected chi connectivity index (χ0v) is 19.2. The third kappa shape index (κ3) is 6.47. The molecule has 0 spiro atoms. The number of carbonyl (C=O) groups excluding carboxylic acids is 1. The Labute approximate surface area is 184 Å². The fourth-order valence-corrected chi connectivity index (χ4v) is 5.46. The minimum atomic E-state index is -0.0480. The van der Waals surface area contributed by atoms with Crippen LogP contribution in [0.3, 0.4) is 0 Å². The van der Waals surface area contributed by atoms with Gasteiger partial charge >= 0.3 is 0 Å². The van der Waals surface area contributed by atoms with Crippen LogP contribution < -0.4 is 4.80 Å². The number of ether oxygens (including phenoxy) is 1. The van der Waals surface area contributed by atoms with Crippen molar-refractivity contribution in [1.29, 1.82) is 0 Å². The van der Waals surface area contributed by atoms with E-state index in [0.717, 1.165) is 32.9 Å². The van der Waals surface area contributed by atoms with E-state index < -0.39 is 0 Å². The Hall–Kier alpha value is -1.54. The topological polar surface area (TPSA) is 43.6 Å². The van der Waals surface area contributed by atoms with Crippen LogP contribution in [0, 0.1) is 0 Å². The molecule has 0 aliphatic heterocycles. The standard InChI is InChI=1S/C22H26N2O2S3/c1-26-13-12-24-19-11-10-18(27-2)15-20(19)29-22(24)23-21(25)9-6-14-28-16-17-7-4-3-5-8-17/h3-5,7-8,10-11,15H,6,9,12-14,16H2,1-2H3. The molecule has 1 aromatic heterocycles. The fraction of sp³-hybridized carbons (Fsp3) is 0.364. The highest BCUT2D eigenvalue weighted by Crippen LogP contribution is 2.24.